The zero-order valence-electron chi connectivity index (χ0n) is 14.2. The molecule has 4 saturated carbocycles. The van der Waals surface area contributed by atoms with Gasteiger partial charge in [-0.1, -0.05) is 13.2 Å². The topological polar surface area (TPSA) is 52.6 Å². The van der Waals surface area contributed by atoms with Gasteiger partial charge in [-0.05, 0) is 67.6 Å². The average Bonchev–Trinajstić information content (AvgIpc) is 3.19. The molecule has 0 saturated heterocycles. The molecule has 0 aromatic rings. The van der Waals surface area contributed by atoms with Crippen molar-refractivity contribution in [1.82, 2.24) is 0 Å². The molecule has 0 heterocycles. The van der Waals surface area contributed by atoms with Crippen molar-refractivity contribution in [2.45, 2.75) is 38.5 Å². The van der Waals surface area contributed by atoms with Crippen molar-refractivity contribution in [3.63, 3.8) is 0 Å². The Hall–Kier alpha value is -1.58. The van der Waals surface area contributed by atoms with E-state index in [1.165, 1.54) is 44.3 Å². The van der Waals surface area contributed by atoms with Gasteiger partial charge in [0.1, 0.15) is 0 Å². The van der Waals surface area contributed by atoms with E-state index in [0.717, 1.165) is 18.3 Å². The molecule has 4 nitrogen and oxygen atoms in total. The Labute approximate surface area is 143 Å². The van der Waals surface area contributed by atoms with Crippen molar-refractivity contribution in [2.24, 2.45) is 34.5 Å². The summed E-state index contributed by atoms with van der Waals surface area (Å²) in [6.45, 7) is 8.02. The number of hydrogen-bond acceptors (Lipinski definition) is 4. The lowest BCUT2D eigenvalue weighted by Crippen LogP contribution is -2.49. The fourth-order valence-corrected chi connectivity index (χ4v) is 6.67. The number of rotatable bonds is 7. The molecule has 0 radical (unpaired) electrons. The van der Waals surface area contributed by atoms with Gasteiger partial charge in [-0.15, -0.1) is 0 Å². The summed E-state index contributed by atoms with van der Waals surface area (Å²) in [5.74, 6) is 2.25. The van der Waals surface area contributed by atoms with Crippen molar-refractivity contribution < 1.29 is 19.1 Å². The lowest BCUT2D eigenvalue weighted by atomic mass is 9.54. The highest BCUT2D eigenvalue weighted by atomic mass is 16.5. The summed E-state index contributed by atoms with van der Waals surface area (Å²) in [6.07, 6.45) is 9.70. The van der Waals surface area contributed by atoms with Crippen LogP contribution in [0.4, 0.5) is 0 Å². The number of fused-ring (bicyclic) bond motifs is 3. The smallest absolute Gasteiger partial charge is 0.330 e. The molecule has 4 aliphatic carbocycles. The Bertz CT molecular complexity index is 596. The maximum absolute atomic E-state index is 11.6. The Kier molecular flexibility index (Phi) is 3.63. The molecule has 24 heavy (non-hydrogen) atoms. The van der Waals surface area contributed by atoms with Crippen LogP contribution in [0.2, 0.25) is 0 Å². The predicted molar refractivity (Wildman–Crippen MR) is 88.8 cm³/mol. The van der Waals surface area contributed by atoms with Gasteiger partial charge >= 0.3 is 11.9 Å². The molecule has 0 aromatic carbocycles. The zero-order chi connectivity index (χ0) is 16.9. The van der Waals surface area contributed by atoms with Gasteiger partial charge in [0.15, 0.2) is 0 Å². The third kappa shape index (κ3) is 1.98. The standard InChI is InChI=1S/C20H26O4/c1-3-16(21)23-10-7-13-5-6-14-18(13)15-11-19(15)8-9-20(14,19)12-24-17(22)4-2/h3-4,13-15,18H,1-2,5-12H2. The molecular formula is C20H26O4. The second kappa shape index (κ2) is 5.47. The van der Waals surface area contributed by atoms with E-state index in [9.17, 15) is 9.59 Å². The normalized spacial score (nSPS) is 43.7. The van der Waals surface area contributed by atoms with Crippen molar-refractivity contribution >= 4 is 11.9 Å². The summed E-state index contributed by atoms with van der Waals surface area (Å²) in [7, 11) is 0. The van der Waals surface area contributed by atoms with Crippen molar-refractivity contribution in [3.05, 3.63) is 25.3 Å². The van der Waals surface area contributed by atoms with Gasteiger partial charge in [-0.3, -0.25) is 0 Å². The molecule has 0 N–H and O–H groups in total. The van der Waals surface area contributed by atoms with Crippen LogP contribution < -0.4 is 0 Å². The summed E-state index contributed by atoms with van der Waals surface area (Å²) in [5, 5.41) is 0. The molecule has 6 unspecified atom stereocenters. The summed E-state index contributed by atoms with van der Waals surface area (Å²) < 4.78 is 10.7. The van der Waals surface area contributed by atoms with E-state index in [2.05, 4.69) is 13.2 Å². The van der Waals surface area contributed by atoms with Crippen LogP contribution >= 0.6 is 0 Å². The summed E-state index contributed by atoms with van der Waals surface area (Å²) in [5.41, 5.74) is 0.688. The highest BCUT2D eigenvalue weighted by Crippen LogP contribution is 2.88. The van der Waals surface area contributed by atoms with E-state index >= 15 is 0 Å². The van der Waals surface area contributed by atoms with E-state index < -0.39 is 0 Å². The first kappa shape index (κ1) is 15.9. The summed E-state index contributed by atoms with van der Waals surface area (Å²) in [4.78, 5) is 22.8. The van der Waals surface area contributed by atoms with Gasteiger partial charge in [-0.25, -0.2) is 9.59 Å². The highest BCUT2D eigenvalue weighted by molar-refractivity contribution is 5.81. The molecule has 1 spiro atoms. The molecular weight excluding hydrogens is 304 g/mol. The highest BCUT2D eigenvalue weighted by Gasteiger charge is 2.83. The molecule has 4 fully saturated rings. The Morgan fingerprint density at radius 2 is 1.79 bits per heavy atom. The molecule has 0 amide bonds. The van der Waals surface area contributed by atoms with Crippen LogP contribution in [0.25, 0.3) is 0 Å². The molecule has 4 rings (SSSR count). The van der Waals surface area contributed by atoms with Gasteiger partial charge in [0.05, 0.1) is 13.2 Å². The second-order valence-corrected chi connectivity index (χ2v) is 8.12. The average molecular weight is 330 g/mol. The van der Waals surface area contributed by atoms with Crippen LogP contribution in [0.15, 0.2) is 25.3 Å². The molecule has 4 aliphatic rings. The third-order valence-corrected chi connectivity index (χ3v) is 7.71. The minimum absolute atomic E-state index is 0.230. The third-order valence-electron chi connectivity index (χ3n) is 7.71. The molecule has 4 heteroatoms. The largest absolute Gasteiger partial charge is 0.463 e. The van der Waals surface area contributed by atoms with Crippen LogP contribution in [0.1, 0.15) is 38.5 Å². The van der Waals surface area contributed by atoms with Crippen molar-refractivity contribution in [1.29, 1.82) is 0 Å². The first-order chi connectivity index (χ1) is 11.6. The maximum atomic E-state index is 11.6. The SMILES string of the molecule is C=CC(=O)OCCC1CCC2C1C1CC13CCC23COC(=O)C=C. The molecule has 0 bridgehead atoms. The van der Waals surface area contributed by atoms with E-state index in [4.69, 9.17) is 9.47 Å². The Morgan fingerprint density at radius 1 is 1.04 bits per heavy atom. The number of carbonyl (C=O) groups is 2. The Balaban J connectivity index is 1.42. The fourth-order valence-electron chi connectivity index (χ4n) is 6.67. The summed E-state index contributed by atoms with van der Waals surface area (Å²) in [6, 6.07) is 0. The van der Waals surface area contributed by atoms with Crippen molar-refractivity contribution in [3.8, 4) is 0 Å². The van der Waals surface area contributed by atoms with Gasteiger partial charge in [0.25, 0.3) is 0 Å². The first-order valence-corrected chi connectivity index (χ1v) is 9.16. The lowest BCUT2D eigenvalue weighted by molar-refractivity contribution is -0.152. The van der Waals surface area contributed by atoms with Gasteiger partial charge in [0, 0.05) is 17.6 Å². The van der Waals surface area contributed by atoms with Gasteiger partial charge < -0.3 is 9.47 Å². The molecule has 130 valence electrons. The van der Waals surface area contributed by atoms with Crippen LogP contribution in [-0.2, 0) is 19.1 Å². The minimum Gasteiger partial charge on any atom is -0.463 e. The van der Waals surface area contributed by atoms with Crippen LogP contribution in [0.3, 0.4) is 0 Å². The molecule has 0 aromatic heterocycles. The maximum Gasteiger partial charge on any atom is 0.330 e. The summed E-state index contributed by atoms with van der Waals surface area (Å²) >= 11 is 0. The van der Waals surface area contributed by atoms with E-state index in [1.54, 1.807) is 0 Å². The first-order valence-electron chi connectivity index (χ1n) is 9.16. The lowest BCUT2D eigenvalue weighted by Gasteiger charge is -2.51. The van der Waals surface area contributed by atoms with Crippen molar-refractivity contribution in [2.75, 3.05) is 13.2 Å². The van der Waals surface area contributed by atoms with Crippen LogP contribution in [0.5, 0.6) is 0 Å². The van der Waals surface area contributed by atoms with E-state index in [0.29, 0.717) is 30.5 Å². The van der Waals surface area contributed by atoms with Crippen LogP contribution in [-0.4, -0.2) is 25.2 Å². The van der Waals surface area contributed by atoms with E-state index in [1.807, 2.05) is 0 Å². The quantitative estimate of drug-likeness (QED) is 0.531. The van der Waals surface area contributed by atoms with Gasteiger partial charge in [-0.2, -0.15) is 0 Å². The number of carbonyl (C=O) groups excluding carboxylic acids is 2. The molecule has 6 atom stereocenters. The number of ether oxygens (including phenoxy) is 2. The number of esters is 2. The monoisotopic (exact) mass is 330 g/mol. The van der Waals surface area contributed by atoms with E-state index in [-0.39, 0.29) is 17.4 Å². The van der Waals surface area contributed by atoms with Crippen LogP contribution in [0, 0.1) is 34.5 Å². The minimum atomic E-state index is -0.327. The fraction of sp³-hybridized carbons (Fsp3) is 0.700. The second-order valence-electron chi connectivity index (χ2n) is 8.12. The number of hydrogen-bond donors (Lipinski definition) is 0. The van der Waals surface area contributed by atoms with Gasteiger partial charge in [0.2, 0.25) is 0 Å². The Morgan fingerprint density at radius 3 is 2.46 bits per heavy atom. The zero-order valence-corrected chi connectivity index (χ0v) is 14.2. The predicted octanol–water partition coefficient (Wildman–Crippen LogP) is 3.28. The molecule has 0 aliphatic heterocycles.